The average Bonchev–Trinajstić information content (AvgIpc) is 2.34. The van der Waals surface area contributed by atoms with Crippen molar-refractivity contribution < 1.29 is 5.11 Å². The third-order valence-corrected chi connectivity index (χ3v) is 1.28. The van der Waals surface area contributed by atoms with Gasteiger partial charge in [0.1, 0.15) is 0 Å². The Bertz CT molecular complexity index is 395. The second kappa shape index (κ2) is 1.88. The predicted molar refractivity (Wildman–Crippen MR) is 35.0 cm³/mol. The molecule has 56 valence electrons. The summed E-state index contributed by atoms with van der Waals surface area (Å²) in [6, 6.07) is 1.49. The van der Waals surface area contributed by atoms with Crippen molar-refractivity contribution in [3.05, 3.63) is 11.8 Å². The third kappa shape index (κ3) is 0.794. The summed E-state index contributed by atoms with van der Waals surface area (Å²) in [7, 11) is 0. The van der Waals surface area contributed by atoms with Crippen LogP contribution in [-0.4, -0.2) is 30.1 Å². The standard InChI is InChI=1S/C5H5N5O/c1-3-2-4(11)10-5(6-3)7-8-9-10/h2,11H,1H3. The molecule has 0 aliphatic rings. The molecule has 2 rings (SSSR count). The quantitative estimate of drug-likeness (QED) is 0.551. The fraction of sp³-hybridized carbons (Fsp3) is 0.200. The zero-order valence-corrected chi connectivity index (χ0v) is 5.76. The lowest BCUT2D eigenvalue weighted by Gasteiger charge is -1.94. The number of hydrogen-bond donors (Lipinski definition) is 1. The van der Waals surface area contributed by atoms with E-state index in [1.807, 2.05) is 0 Å². The van der Waals surface area contributed by atoms with E-state index in [1.54, 1.807) is 6.92 Å². The van der Waals surface area contributed by atoms with E-state index in [0.29, 0.717) is 11.5 Å². The van der Waals surface area contributed by atoms with Gasteiger partial charge in [0, 0.05) is 11.8 Å². The molecule has 6 heteroatoms. The highest BCUT2D eigenvalue weighted by Gasteiger charge is 2.03. The van der Waals surface area contributed by atoms with Gasteiger partial charge in [0.2, 0.25) is 5.88 Å². The Morgan fingerprint density at radius 3 is 3.18 bits per heavy atom. The van der Waals surface area contributed by atoms with Gasteiger partial charge in [-0.15, -0.1) is 4.52 Å². The van der Waals surface area contributed by atoms with Crippen LogP contribution in [0.1, 0.15) is 5.69 Å². The zero-order chi connectivity index (χ0) is 7.84. The molecule has 1 N–H and O–H groups in total. The molecular weight excluding hydrogens is 146 g/mol. The van der Waals surface area contributed by atoms with E-state index in [9.17, 15) is 5.11 Å². The number of fused-ring (bicyclic) bond motifs is 1. The fourth-order valence-corrected chi connectivity index (χ4v) is 0.838. The van der Waals surface area contributed by atoms with Crippen molar-refractivity contribution in [2.45, 2.75) is 6.92 Å². The first-order valence-electron chi connectivity index (χ1n) is 3.02. The Morgan fingerprint density at radius 1 is 1.55 bits per heavy atom. The summed E-state index contributed by atoms with van der Waals surface area (Å²) >= 11 is 0. The Hall–Kier alpha value is -1.72. The van der Waals surface area contributed by atoms with Crippen molar-refractivity contribution in [2.75, 3.05) is 0 Å². The topological polar surface area (TPSA) is 76.2 Å². The number of hydrogen-bond acceptors (Lipinski definition) is 5. The van der Waals surface area contributed by atoms with Gasteiger partial charge in [-0.3, -0.25) is 0 Å². The largest absolute Gasteiger partial charge is 0.493 e. The molecule has 0 saturated heterocycles. The Balaban J connectivity index is 2.91. The number of aromatic hydroxyl groups is 1. The summed E-state index contributed by atoms with van der Waals surface area (Å²) < 4.78 is 1.16. The van der Waals surface area contributed by atoms with Gasteiger partial charge in [-0.1, -0.05) is 5.10 Å². The first kappa shape index (κ1) is 6.02. The number of aromatic nitrogens is 5. The van der Waals surface area contributed by atoms with Crippen LogP contribution in [0.2, 0.25) is 0 Å². The maximum Gasteiger partial charge on any atom is 0.276 e. The second-order valence-corrected chi connectivity index (χ2v) is 2.15. The maximum absolute atomic E-state index is 9.22. The van der Waals surface area contributed by atoms with Crippen molar-refractivity contribution in [2.24, 2.45) is 0 Å². The van der Waals surface area contributed by atoms with Crippen LogP contribution >= 0.6 is 0 Å². The van der Waals surface area contributed by atoms with Gasteiger partial charge in [0.25, 0.3) is 5.78 Å². The summed E-state index contributed by atoms with van der Waals surface area (Å²) in [4.78, 5) is 3.96. The molecule has 6 nitrogen and oxygen atoms in total. The van der Waals surface area contributed by atoms with E-state index in [2.05, 4.69) is 20.5 Å². The number of tetrazole rings is 1. The van der Waals surface area contributed by atoms with Crippen molar-refractivity contribution in [3.8, 4) is 5.88 Å². The van der Waals surface area contributed by atoms with Crippen LogP contribution in [0.15, 0.2) is 6.07 Å². The molecule has 0 atom stereocenters. The van der Waals surface area contributed by atoms with Gasteiger partial charge in [0.05, 0.1) is 0 Å². The highest BCUT2D eigenvalue weighted by molar-refractivity contribution is 5.30. The van der Waals surface area contributed by atoms with Crippen LogP contribution in [-0.2, 0) is 0 Å². The van der Waals surface area contributed by atoms with E-state index in [1.165, 1.54) is 6.07 Å². The van der Waals surface area contributed by atoms with Gasteiger partial charge < -0.3 is 5.11 Å². The molecule has 0 aromatic carbocycles. The number of nitrogens with zero attached hydrogens (tertiary/aromatic N) is 5. The lowest BCUT2D eigenvalue weighted by molar-refractivity contribution is 0.432. The smallest absolute Gasteiger partial charge is 0.276 e. The van der Waals surface area contributed by atoms with E-state index in [0.717, 1.165) is 4.52 Å². The van der Waals surface area contributed by atoms with Gasteiger partial charge >= 0.3 is 0 Å². The van der Waals surface area contributed by atoms with E-state index < -0.39 is 0 Å². The molecule has 11 heavy (non-hydrogen) atoms. The summed E-state index contributed by atoms with van der Waals surface area (Å²) in [5, 5.41) is 19.6. The predicted octanol–water partition coefficient (Wildman–Crippen LogP) is -0.467. The van der Waals surface area contributed by atoms with Crippen molar-refractivity contribution in [3.63, 3.8) is 0 Å². The van der Waals surface area contributed by atoms with Crippen molar-refractivity contribution in [1.29, 1.82) is 0 Å². The molecule has 0 amide bonds. The van der Waals surface area contributed by atoms with Crippen LogP contribution in [0, 0.1) is 6.92 Å². The summed E-state index contributed by atoms with van der Waals surface area (Å²) in [6.45, 7) is 1.76. The molecule has 0 fully saturated rings. The molecule has 0 saturated carbocycles. The second-order valence-electron chi connectivity index (χ2n) is 2.15. The molecule has 0 spiro atoms. The van der Waals surface area contributed by atoms with Crippen LogP contribution in [0.3, 0.4) is 0 Å². The lowest BCUT2D eigenvalue weighted by atomic mass is 10.4. The summed E-state index contributed by atoms with van der Waals surface area (Å²) in [5.74, 6) is 0.306. The molecule has 0 bridgehead atoms. The van der Waals surface area contributed by atoms with E-state index in [4.69, 9.17) is 0 Å². The molecule has 2 aromatic rings. The Labute approximate surface area is 61.5 Å². The average molecular weight is 151 g/mol. The monoisotopic (exact) mass is 151 g/mol. The summed E-state index contributed by atoms with van der Waals surface area (Å²) in [6.07, 6.45) is 0. The molecule has 0 aliphatic heterocycles. The van der Waals surface area contributed by atoms with Crippen LogP contribution < -0.4 is 0 Å². The molecular formula is C5H5N5O. The van der Waals surface area contributed by atoms with Crippen LogP contribution in [0.25, 0.3) is 5.78 Å². The van der Waals surface area contributed by atoms with Crippen molar-refractivity contribution in [1.82, 2.24) is 25.0 Å². The minimum atomic E-state index is -0.00231. The first-order valence-corrected chi connectivity index (χ1v) is 3.02. The zero-order valence-electron chi connectivity index (χ0n) is 5.76. The molecule has 2 heterocycles. The van der Waals surface area contributed by atoms with Gasteiger partial charge in [-0.25, -0.2) is 4.98 Å². The highest BCUT2D eigenvalue weighted by atomic mass is 16.3. The van der Waals surface area contributed by atoms with E-state index >= 15 is 0 Å². The first-order chi connectivity index (χ1) is 5.27. The Morgan fingerprint density at radius 2 is 2.36 bits per heavy atom. The van der Waals surface area contributed by atoms with Gasteiger partial charge in [-0.05, 0) is 17.4 Å². The third-order valence-electron chi connectivity index (χ3n) is 1.28. The van der Waals surface area contributed by atoms with Crippen LogP contribution in [0.5, 0.6) is 5.88 Å². The van der Waals surface area contributed by atoms with E-state index in [-0.39, 0.29) is 5.88 Å². The fourth-order valence-electron chi connectivity index (χ4n) is 0.838. The SMILES string of the molecule is Cc1cc(O)n2nnnc2n1. The molecule has 0 unspecified atom stereocenters. The minimum Gasteiger partial charge on any atom is -0.493 e. The number of rotatable bonds is 0. The Kier molecular flexibility index (Phi) is 1.03. The number of aryl methyl sites for hydroxylation is 1. The molecule has 0 aliphatic carbocycles. The van der Waals surface area contributed by atoms with Gasteiger partial charge in [0.15, 0.2) is 0 Å². The van der Waals surface area contributed by atoms with Crippen molar-refractivity contribution >= 4 is 5.78 Å². The van der Waals surface area contributed by atoms with Crippen LogP contribution in [0.4, 0.5) is 0 Å². The highest BCUT2D eigenvalue weighted by Crippen LogP contribution is 2.08. The molecule has 2 aromatic heterocycles. The molecule has 0 radical (unpaired) electrons. The van der Waals surface area contributed by atoms with Gasteiger partial charge in [-0.2, -0.15) is 0 Å². The lowest BCUT2D eigenvalue weighted by Crippen LogP contribution is -1.93. The summed E-state index contributed by atoms with van der Waals surface area (Å²) in [5.41, 5.74) is 0.685. The normalized spacial score (nSPS) is 10.6. The minimum absolute atomic E-state index is 0.00231. The maximum atomic E-state index is 9.22.